The summed E-state index contributed by atoms with van der Waals surface area (Å²) in [7, 11) is 0. The highest BCUT2D eigenvalue weighted by Gasteiger charge is 2.26. The van der Waals surface area contributed by atoms with E-state index in [2.05, 4.69) is 15.3 Å². The van der Waals surface area contributed by atoms with Crippen LogP contribution >= 0.6 is 11.6 Å². The molecule has 1 aliphatic heterocycles. The molecule has 2 amide bonds. The number of rotatable bonds is 4. The smallest absolute Gasteiger partial charge is 0.251 e. The lowest BCUT2D eigenvalue weighted by molar-refractivity contribution is -0.133. The first-order chi connectivity index (χ1) is 12.5. The van der Waals surface area contributed by atoms with E-state index in [1.165, 1.54) is 0 Å². The van der Waals surface area contributed by atoms with Gasteiger partial charge in [-0.05, 0) is 37.3 Å². The lowest BCUT2D eigenvalue weighted by Gasteiger charge is -2.35. The van der Waals surface area contributed by atoms with Crippen molar-refractivity contribution in [2.24, 2.45) is 0 Å². The Bertz CT molecular complexity index is 761. The molecule has 1 fully saturated rings. The van der Waals surface area contributed by atoms with Crippen molar-refractivity contribution in [1.82, 2.24) is 20.2 Å². The highest BCUT2D eigenvalue weighted by Crippen LogP contribution is 2.12. The van der Waals surface area contributed by atoms with E-state index in [-0.39, 0.29) is 11.8 Å². The fourth-order valence-corrected chi connectivity index (χ4v) is 2.92. The Labute approximate surface area is 157 Å². The number of nitrogens with zero attached hydrogens (tertiary/aromatic N) is 4. The minimum absolute atomic E-state index is 0.0963. The predicted octanol–water partition coefficient (Wildman–Crippen LogP) is 1.60. The van der Waals surface area contributed by atoms with E-state index in [9.17, 15) is 9.59 Å². The monoisotopic (exact) mass is 373 g/mol. The number of amides is 2. The fraction of sp³-hybridized carbons (Fsp3) is 0.333. The van der Waals surface area contributed by atoms with Crippen LogP contribution in [0.1, 0.15) is 17.3 Å². The van der Waals surface area contributed by atoms with Crippen LogP contribution in [0.2, 0.25) is 5.02 Å². The van der Waals surface area contributed by atoms with Gasteiger partial charge in [-0.25, -0.2) is 9.97 Å². The molecule has 1 saturated heterocycles. The van der Waals surface area contributed by atoms with Crippen molar-refractivity contribution < 1.29 is 9.59 Å². The minimum Gasteiger partial charge on any atom is -0.341 e. The molecule has 2 aromatic rings. The van der Waals surface area contributed by atoms with Crippen LogP contribution in [0.15, 0.2) is 42.7 Å². The van der Waals surface area contributed by atoms with Gasteiger partial charge in [0.15, 0.2) is 0 Å². The quantitative estimate of drug-likeness (QED) is 0.880. The lowest BCUT2D eigenvalue weighted by Crippen LogP contribution is -2.54. The maximum atomic E-state index is 12.6. The van der Waals surface area contributed by atoms with Crippen molar-refractivity contribution in [2.75, 3.05) is 31.1 Å². The number of halogens is 1. The lowest BCUT2D eigenvalue weighted by atomic mass is 10.2. The molecular weight excluding hydrogens is 354 g/mol. The standard InChI is InChI=1S/C18H20ClN5O2/c1-13(22-16(25)14-3-5-15(19)6-4-14)17(26)23-9-11-24(12-10-23)18-20-7-2-8-21-18/h2-8,13H,9-12H2,1H3,(H,22,25). The maximum absolute atomic E-state index is 12.6. The Balaban J connectivity index is 1.53. The summed E-state index contributed by atoms with van der Waals surface area (Å²) in [6.45, 7) is 4.15. The third-order valence-electron chi connectivity index (χ3n) is 4.25. The molecule has 3 rings (SSSR count). The van der Waals surface area contributed by atoms with Gasteiger partial charge < -0.3 is 15.1 Å². The molecule has 1 aromatic heterocycles. The number of nitrogens with one attached hydrogen (secondary N) is 1. The molecular formula is C18H20ClN5O2. The minimum atomic E-state index is -0.599. The number of carbonyl (C=O) groups excluding carboxylic acids is 2. The van der Waals surface area contributed by atoms with Gasteiger partial charge in [-0.1, -0.05) is 11.6 Å². The number of carbonyl (C=O) groups is 2. The Hall–Kier alpha value is -2.67. The topological polar surface area (TPSA) is 78.4 Å². The normalized spacial score (nSPS) is 15.5. The average molecular weight is 374 g/mol. The van der Waals surface area contributed by atoms with Crippen LogP contribution in [0, 0.1) is 0 Å². The molecule has 0 aliphatic carbocycles. The Kier molecular flexibility index (Phi) is 5.68. The molecule has 1 N–H and O–H groups in total. The summed E-state index contributed by atoms with van der Waals surface area (Å²) in [5, 5.41) is 3.31. The second-order valence-electron chi connectivity index (χ2n) is 6.06. The van der Waals surface area contributed by atoms with Crippen molar-refractivity contribution >= 4 is 29.4 Å². The van der Waals surface area contributed by atoms with Gasteiger partial charge in [0.05, 0.1) is 0 Å². The van der Waals surface area contributed by atoms with E-state index in [0.29, 0.717) is 42.7 Å². The molecule has 2 heterocycles. The Morgan fingerprint density at radius 1 is 1.08 bits per heavy atom. The number of hydrogen-bond donors (Lipinski definition) is 1. The van der Waals surface area contributed by atoms with E-state index >= 15 is 0 Å². The molecule has 8 heteroatoms. The van der Waals surface area contributed by atoms with Crippen LogP contribution in [-0.2, 0) is 4.79 Å². The van der Waals surface area contributed by atoms with Gasteiger partial charge in [0.1, 0.15) is 6.04 Å². The van der Waals surface area contributed by atoms with E-state index in [1.54, 1.807) is 54.5 Å². The zero-order valence-electron chi connectivity index (χ0n) is 14.4. The van der Waals surface area contributed by atoms with E-state index in [4.69, 9.17) is 11.6 Å². The fourth-order valence-electron chi connectivity index (χ4n) is 2.80. The molecule has 1 unspecified atom stereocenters. The van der Waals surface area contributed by atoms with Gasteiger partial charge in [0.25, 0.3) is 5.91 Å². The van der Waals surface area contributed by atoms with Crippen LogP contribution < -0.4 is 10.2 Å². The first-order valence-electron chi connectivity index (χ1n) is 8.42. The van der Waals surface area contributed by atoms with Gasteiger partial charge in [-0.2, -0.15) is 0 Å². The number of piperazine rings is 1. The van der Waals surface area contributed by atoms with Crippen LogP contribution in [0.5, 0.6) is 0 Å². The van der Waals surface area contributed by atoms with Crippen molar-refractivity contribution in [3.05, 3.63) is 53.3 Å². The SMILES string of the molecule is CC(NC(=O)c1ccc(Cl)cc1)C(=O)N1CCN(c2ncccn2)CC1. The molecule has 136 valence electrons. The molecule has 0 spiro atoms. The summed E-state index contributed by atoms with van der Waals surface area (Å²) in [6.07, 6.45) is 3.41. The van der Waals surface area contributed by atoms with Crippen molar-refractivity contribution in [3.8, 4) is 0 Å². The molecule has 0 saturated carbocycles. The van der Waals surface area contributed by atoms with Gasteiger partial charge in [0.2, 0.25) is 11.9 Å². The van der Waals surface area contributed by atoms with Crippen LogP contribution in [0.3, 0.4) is 0 Å². The molecule has 1 aliphatic rings. The number of aromatic nitrogens is 2. The predicted molar refractivity (Wildman–Crippen MR) is 99.2 cm³/mol. The molecule has 0 bridgehead atoms. The highest BCUT2D eigenvalue weighted by atomic mass is 35.5. The first-order valence-corrected chi connectivity index (χ1v) is 8.79. The van der Waals surface area contributed by atoms with Crippen molar-refractivity contribution in [2.45, 2.75) is 13.0 Å². The van der Waals surface area contributed by atoms with Crippen LogP contribution in [-0.4, -0.2) is 58.9 Å². The Morgan fingerprint density at radius 3 is 2.31 bits per heavy atom. The van der Waals surface area contributed by atoms with Gasteiger partial charge >= 0.3 is 0 Å². The maximum Gasteiger partial charge on any atom is 0.251 e. The molecule has 1 atom stereocenters. The number of anilines is 1. The zero-order chi connectivity index (χ0) is 18.5. The molecule has 26 heavy (non-hydrogen) atoms. The largest absolute Gasteiger partial charge is 0.341 e. The number of hydrogen-bond acceptors (Lipinski definition) is 5. The van der Waals surface area contributed by atoms with Crippen LogP contribution in [0.4, 0.5) is 5.95 Å². The average Bonchev–Trinajstić information content (AvgIpc) is 2.68. The highest BCUT2D eigenvalue weighted by molar-refractivity contribution is 6.30. The third-order valence-corrected chi connectivity index (χ3v) is 4.50. The van der Waals surface area contributed by atoms with Crippen molar-refractivity contribution in [3.63, 3.8) is 0 Å². The summed E-state index contributed by atoms with van der Waals surface area (Å²) in [5.74, 6) is 0.281. The first kappa shape index (κ1) is 18.1. The summed E-state index contributed by atoms with van der Waals surface area (Å²) in [5.41, 5.74) is 0.472. The summed E-state index contributed by atoms with van der Waals surface area (Å²) >= 11 is 5.82. The van der Waals surface area contributed by atoms with Crippen molar-refractivity contribution in [1.29, 1.82) is 0 Å². The van der Waals surface area contributed by atoms with E-state index in [1.807, 2.05) is 4.90 Å². The molecule has 7 nitrogen and oxygen atoms in total. The summed E-state index contributed by atoms with van der Waals surface area (Å²) < 4.78 is 0. The Morgan fingerprint density at radius 2 is 1.69 bits per heavy atom. The summed E-state index contributed by atoms with van der Waals surface area (Å²) in [4.78, 5) is 37.1. The summed E-state index contributed by atoms with van der Waals surface area (Å²) in [6, 6.07) is 7.73. The molecule has 0 radical (unpaired) electrons. The molecule has 1 aromatic carbocycles. The third kappa shape index (κ3) is 4.29. The van der Waals surface area contributed by atoms with Gasteiger partial charge in [-0.3, -0.25) is 9.59 Å². The van der Waals surface area contributed by atoms with Gasteiger partial charge in [-0.15, -0.1) is 0 Å². The van der Waals surface area contributed by atoms with Gasteiger partial charge in [0, 0.05) is 49.2 Å². The van der Waals surface area contributed by atoms with E-state index < -0.39 is 6.04 Å². The zero-order valence-corrected chi connectivity index (χ0v) is 15.2. The second-order valence-corrected chi connectivity index (χ2v) is 6.50. The second kappa shape index (κ2) is 8.14. The number of benzene rings is 1. The van der Waals surface area contributed by atoms with E-state index in [0.717, 1.165) is 0 Å². The van der Waals surface area contributed by atoms with Crippen LogP contribution in [0.25, 0.3) is 0 Å².